The molecule has 0 bridgehead atoms. The van der Waals surface area contributed by atoms with E-state index < -0.39 is 0 Å². The second-order valence-corrected chi connectivity index (χ2v) is 5.06. The van der Waals surface area contributed by atoms with Crippen LogP contribution >= 0.6 is 0 Å². The van der Waals surface area contributed by atoms with Gasteiger partial charge in [-0.25, -0.2) is 8.78 Å². The minimum absolute atomic E-state index is 0.324. The van der Waals surface area contributed by atoms with Gasteiger partial charge in [-0.3, -0.25) is 4.79 Å². The summed E-state index contributed by atoms with van der Waals surface area (Å²) in [6, 6.07) is 17.2. The van der Waals surface area contributed by atoms with Gasteiger partial charge in [0.15, 0.2) is 6.29 Å². The number of rotatable bonds is 4. The van der Waals surface area contributed by atoms with E-state index in [1.807, 2.05) is 0 Å². The molecule has 0 amide bonds. The number of aldehydes is 1. The average molecular weight is 309 g/mol. The minimum Gasteiger partial charge on any atom is -0.355 e. The molecule has 4 heteroatoms. The van der Waals surface area contributed by atoms with E-state index >= 15 is 0 Å². The zero-order valence-corrected chi connectivity index (χ0v) is 12.1. The quantitative estimate of drug-likeness (QED) is 0.672. The predicted molar refractivity (Wildman–Crippen MR) is 86.9 cm³/mol. The summed E-state index contributed by atoms with van der Waals surface area (Å²) >= 11 is 0. The molecule has 0 saturated heterocycles. The highest BCUT2D eigenvalue weighted by atomic mass is 19.1. The fraction of sp³-hybridized carbons (Fsp3) is 0. The van der Waals surface area contributed by atoms with Gasteiger partial charge in [-0.15, -0.1) is 0 Å². The molecule has 0 aliphatic heterocycles. The topological polar surface area (TPSA) is 29.1 Å². The van der Waals surface area contributed by atoms with E-state index in [4.69, 9.17) is 0 Å². The molecule has 1 N–H and O–H groups in total. The molecule has 0 radical (unpaired) electrons. The first-order valence-corrected chi connectivity index (χ1v) is 7.03. The summed E-state index contributed by atoms with van der Waals surface area (Å²) in [4.78, 5) is 11.2. The fourth-order valence-electron chi connectivity index (χ4n) is 2.30. The van der Waals surface area contributed by atoms with E-state index in [2.05, 4.69) is 5.32 Å². The second-order valence-electron chi connectivity index (χ2n) is 5.06. The summed E-state index contributed by atoms with van der Waals surface area (Å²) in [5.74, 6) is -0.658. The molecule has 0 aliphatic carbocycles. The number of nitrogens with one attached hydrogen (secondary N) is 1. The molecule has 2 nitrogen and oxygen atoms in total. The molecule has 0 aromatic heterocycles. The van der Waals surface area contributed by atoms with Crippen LogP contribution in [-0.2, 0) is 0 Å². The third-order valence-corrected chi connectivity index (χ3v) is 3.46. The predicted octanol–water partition coefficient (Wildman–Crippen LogP) is 5.19. The molecule has 0 heterocycles. The van der Waals surface area contributed by atoms with Crippen molar-refractivity contribution < 1.29 is 13.6 Å². The molecule has 0 saturated carbocycles. The van der Waals surface area contributed by atoms with Crippen LogP contribution < -0.4 is 5.32 Å². The van der Waals surface area contributed by atoms with Crippen molar-refractivity contribution in [3.8, 4) is 11.1 Å². The molecule has 23 heavy (non-hydrogen) atoms. The van der Waals surface area contributed by atoms with E-state index in [0.29, 0.717) is 22.5 Å². The van der Waals surface area contributed by atoms with Crippen molar-refractivity contribution in [2.75, 3.05) is 5.32 Å². The van der Waals surface area contributed by atoms with Gasteiger partial charge in [0.25, 0.3) is 0 Å². The van der Waals surface area contributed by atoms with Crippen LogP contribution in [0.4, 0.5) is 20.2 Å². The Balaban J connectivity index is 1.99. The summed E-state index contributed by atoms with van der Waals surface area (Å²) in [6.07, 6.45) is 0.737. The first kappa shape index (κ1) is 14.9. The number of carbonyl (C=O) groups excluding carboxylic acids is 1. The summed E-state index contributed by atoms with van der Waals surface area (Å²) in [5.41, 5.74) is 3.19. The van der Waals surface area contributed by atoms with Crippen LogP contribution in [0.15, 0.2) is 66.7 Å². The van der Waals surface area contributed by atoms with Gasteiger partial charge in [0.1, 0.15) is 11.6 Å². The highest BCUT2D eigenvalue weighted by Gasteiger charge is 2.06. The minimum atomic E-state index is -0.334. The molecular weight excluding hydrogens is 296 g/mol. The number of anilines is 2. The number of hydrogen-bond acceptors (Lipinski definition) is 2. The van der Waals surface area contributed by atoms with Crippen molar-refractivity contribution in [1.29, 1.82) is 0 Å². The van der Waals surface area contributed by atoms with Gasteiger partial charge in [0, 0.05) is 16.9 Å². The number of hydrogen-bond donors (Lipinski definition) is 1. The highest BCUT2D eigenvalue weighted by molar-refractivity contribution is 5.88. The number of carbonyl (C=O) groups is 1. The first-order valence-electron chi connectivity index (χ1n) is 7.03. The summed E-state index contributed by atoms with van der Waals surface area (Å²) in [5, 5.41) is 3.08. The Hall–Kier alpha value is -3.01. The van der Waals surface area contributed by atoms with Crippen LogP contribution in [0.1, 0.15) is 10.4 Å². The normalized spacial score (nSPS) is 10.3. The van der Waals surface area contributed by atoms with Crippen LogP contribution in [0.5, 0.6) is 0 Å². The highest BCUT2D eigenvalue weighted by Crippen LogP contribution is 2.28. The van der Waals surface area contributed by atoms with Crippen LogP contribution in [0.25, 0.3) is 11.1 Å². The molecular formula is C19H13F2NO. The van der Waals surface area contributed by atoms with Crippen molar-refractivity contribution in [3.05, 3.63) is 83.9 Å². The van der Waals surface area contributed by atoms with Gasteiger partial charge in [0.05, 0.1) is 0 Å². The Morgan fingerprint density at radius 1 is 0.783 bits per heavy atom. The van der Waals surface area contributed by atoms with Gasteiger partial charge in [-0.05, 0) is 59.7 Å². The smallest absolute Gasteiger partial charge is 0.152 e. The summed E-state index contributed by atoms with van der Waals surface area (Å²) < 4.78 is 26.4. The Morgan fingerprint density at radius 3 is 2.22 bits per heavy atom. The molecule has 3 rings (SSSR count). The Morgan fingerprint density at radius 2 is 1.52 bits per heavy atom. The van der Waals surface area contributed by atoms with E-state index in [1.54, 1.807) is 42.5 Å². The van der Waals surface area contributed by atoms with E-state index in [-0.39, 0.29) is 11.6 Å². The molecule has 0 atom stereocenters. The van der Waals surface area contributed by atoms with Gasteiger partial charge < -0.3 is 5.32 Å². The van der Waals surface area contributed by atoms with E-state index in [0.717, 1.165) is 11.8 Å². The first-order chi connectivity index (χ1) is 11.2. The summed E-state index contributed by atoms with van der Waals surface area (Å²) in [7, 11) is 0. The number of benzene rings is 3. The zero-order valence-electron chi connectivity index (χ0n) is 12.1. The average Bonchev–Trinajstić information content (AvgIpc) is 2.57. The third-order valence-electron chi connectivity index (χ3n) is 3.46. The Kier molecular flexibility index (Phi) is 4.15. The second kappa shape index (κ2) is 6.40. The SMILES string of the molecule is O=Cc1ccc(-c2cccc(F)c2)cc1Nc1ccc(F)cc1. The maximum Gasteiger partial charge on any atom is 0.152 e. The van der Waals surface area contributed by atoms with Crippen molar-refractivity contribution in [2.45, 2.75) is 0 Å². The zero-order chi connectivity index (χ0) is 16.2. The Bertz CT molecular complexity index is 844. The maximum absolute atomic E-state index is 13.4. The molecule has 0 aliphatic rings. The lowest BCUT2D eigenvalue weighted by molar-refractivity contribution is 0.112. The molecule has 3 aromatic carbocycles. The lowest BCUT2D eigenvalue weighted by atomic mass is 10.0. The third kappa shape index (κ3) is 3.43. The van der Waals surface area contributed by atoms with Crippen LogP contribution in [-0.4, -0.2) is 6.29 Å². The molecule has 114 valence electrons. The Labute approximate surface area is 132 Å². The molecule has 0 unspecified atom stereocenters. The molecule has 3 aromatic rings. The lowest BCUT2D eigenvalue weighted by Crippen LogP contribution is -1.96. The van der Waals surface area contributed by atoms with E-state index in [1.165, 1.54) is 24.3 Å². The van der Waals surface area contributed by atoms with Crippen LogP contribution in [0, 0.1) is 11.6 Å². The maximum atomic E-state index is 13.4. The molecule has 0 fully saturated rings. The molecule has 0 spiro atoms. The van der Waals surface area contributed by atoms with Crippen LogP contribution in [0.3, 0.4) is 0 Å². The van der Waals surface area contributed by atoms with Crippen LogP contribution in [0.2, 0.25) is 0 Å². The van der Waals surface area contributed by atoms with Crippen molar-refractivity contribution >= 4 is 17.7 Å². The number of halogens is 2. The van der Waals surface area contributed by atoms with Crippen molar-refractivity contribution in [3.63, 3.8) is 0 Å². The van der Waals surface area contributed by atoms with Crippen molar-refractivity contribution in [1.82, 2.24) is 0 Å². The standard InChI is InChI=1S/C19H13F2NO/c20-16-6-8-18(9-7-16)22-19-11-14(4-5-15(19)12-23)13-2-1-3-17(21)10-13/h1-12,22H. The van der Waals surface area contributed by atoms with Crippen molar-refractivity contribution in [2.24, 2.45) is 0 Å². The summed E-state index contributed by atoms with van der Waals surface area (Å²) in [6.45, 7) is 0. The monoisotopic (exact) mass is 309 g/mol. The lowest BCUT2D eigenvalue weighted by Gasteiger charge is -2.11. The van der Waals surface area contributed by atoms with E-state index in [9.17, 15) is 13.6 Å². The van der Waals surface area contributed by atoms with Gasteiger partial charge in [-0.2, -0.15) is 0 Å². The largest absolute Gasteiger partial charge is 0.355 e. The van der Waals surface area contributed by atoms with Gasteiger partial charge in [-0.1, -0.05) is 18.2 Å². The fourth-order valence-corrected chi connectivity index (χ4v) is 2.30. The van der Waals surface area contributed by atoms with Gasteiger partial charge >= 0.3 is 0 Å². The van der Waals surface area contributed by atoms with Gasteiger partial charge in [0.2, 0.25) is 0 Å².